The minimum atomic E-state index is -0.591. The van der Waals surface area contributed by atoms with E-state index in [-0.39, 0.29) is 36.7 Å². The number of halogens is 2. The molecule has 3 aromatic carbocycles. The van der Waals surface area contributed by atoms with E-state index in [2.05, 4.69) is 29.6 Å². The Morgan fingerprint density at radius 2 is 1.51 bits per heavy atom. The highest BCUT2D eigenvalue weighted by molar-refractivity contribution is 6.35. The number of rotatable bonds is 10. The first-order valence-corrected chi connectivity index (χ1v) is 13.9. The molecule has 0 radical (unpaired) electrons. The Bertz CT molecular complexity index is 1140. The average Bonchev–Trinajstić information content (AvgIpc) is 3.42. The number of nitrogens with zero attached hydrogens (tertiary/aromatic N) is 1. The number of amides is 2. The molecule has 1 aliphatic carbocycles. The van der Waals surface area contributed by atoms with Crippen LogP contribution < -0.4 is 5.32 Å². The molecule has 4 rings (SSSR count). The minimum Gasteiger partial charge on any atom is -0.352 e. The van der Waals surface area contributed by atoms with E-state index in [9.17, 15) is 9.59 Å². The number of hydrogen-bond acceptors (Lipinski definition) is 2. The van der Waals surface area contributed by atoms with Crippen LogP contribution in [-0.4, -0.2) is 28.8 Å². The molecule has 0 aliphatic heterocycles. The van der Waals surface area contributed by atoms with Gasteiger partial charge in [-0.3, -0.25) is 9.59 Å². The molecule has 0 unspecified atom stereocenters. The Labute approximate surface area is 230 Å². The van der Waals surface area contributed by atoms with E-state index < -0.39 is 6.04 Å². The topological polar surface area (TPSA) is 49.4 Å². The van der Waals surface area contributed by atoms with E-state index in [0.29, 0.717) is 16.5 Å². The zero-order valence-electron chi connectivity index (χ0n) is 21.2. The predicted molar refractivity (Wildman–Crippen MR) is 151 cm³/mol. The smallest absolute Gasteiger partial charge is 0.243 e. The second kappa shape index (κ2) is 13.1. The van der Waals surface area contributed by atoms with Crippen molar-refractivity contribution in [2.24, 2.45) is 0 Å². The summed E-state index contributed by atoms with van der Waals surface area (Å²) in [4.78, 5) is 29.3. The van der Waals surface area contributed by atoms with Crippen LogP contribution in [0, 0.1) is 0 Å². The molecule has 1 atom stereocenters. The molecule has 0 saturated heterocycles. The van der Waals surface area contributed by atoms with Gasteiger partial charge in [0.1, 0.15) is 6.04 Å². The Hall–Kier alpha value is -2.82. The normalized spacial score (nSPS) is 14.5. The minimum absolute atomic E-state index is 0.0860. The summed E-state index contributed by atoms with van der Waals surface area (Å²) >= 11 is 12.6. The fourth-order valence-corrected chi connectivity index (χ4v) is 5.68. The first-order chi connectivity index (χ1) is 18.0. The quantitative estimate of drug-likeness (QED) is 0.293. The van der Waals surface area contributed by atoms with Gasteiger partial charge in [0.2, 0.25) is 11.8 Å². The third kappa shape index (κ3) is 7.15. The van der Waals surface area contributed by atoms with Crippen LogP contribution in [0.3, 0.4) is 0 Å². The van der Waals surface area contributed by atoms with E-state index in [0.717, 1.165) is 42.4 Å². The molecular weight excluding hydrogens is 503 g/mol. The lowest BCUT2D eigenvalue weighted by atomic mass is 9.88. The van der Waals surface area contributed by atoms with Crippen molar-refractivity contribution in [1.82, 2.24) is 10.2 Å². The third-order valence-corrected chi connectivity index (χ3v) is 7.81. The predicted octanol–water partition coefficient (Wildman–Crippen LogP) is 7.38. The van der Waals surface area contributed by atoms with E-state index in [1.165, 1.54) is 0 Å². The molecule has 4 nitrogen and oxygen atoms in total. The first kappa shape index (κ1) is 27.2. The summed E-state index contributed by atoms with van der Waals surface area (Å²) in [5.74, 6) is -0.311. The van der Waals surface area contributed by atoms with Crippen LogP contribution in [0.1, 0.15) is 68.1 Å². The van der Waals surface area contributed by atoms with Crippen molar-refractivity contribution in [3.05, 3.63) is 106 Å². The molecule has 3 aromatic rings. The number of benzene rings is 3. The van der Waals surface area contributed by atoms with Crippen molar-refractivity contribution in [3.8, 4) is 0 Å². The van der Waals surface area contributed by atoms with E-state index in [1.54, 1.807) is 17.0 Å². The summed E-state index contributed by atoms with van der Waals surface area (Å²) in [6, 6.07) is 25.0. The maximum absolute atomic E-state index is 14.1. The number of nitrogens with one attached hydrogen (secondary N) is 1. The number of carbonyl (C=O) groups excluding carboxylic acids is 2. The second-order valence-corrected chi connectivity index (χ2v) is 10.6. The monoisotopic (exact) mass is 536 g/mol. The van der Waals surface area contributed by atoms with Crippen LogP contribution in [0.15, 0.2) is 78.9 Å². The Morgan fingerprint density at radius 1 is 0.919 bits per heavy atom. The van der Waals surface area contributed by atoms with Gasteiger partial charge in [0.25, 0.3) is 0 Å². The highest BCUT2D eigenvalue weighted by Gasteiger charge is 2.32. The van der Waals surface area contributed by atoms with Gasteiger partial charge in [0, 0.05) is 35.0 Å². The maximum Gasteiger partial charge on any atom is 0.243 e. The van der Waals surface area contributed by atoms with Gasteiger partial charge in [0.15, 0.2) is 0 Å². The zero-order chi connectivity index (χ0) is 26.2. The second-order valence-electron chi connectivity index (χ2n) is 9.75. The number of hydrogen-bond donors (Lipinski definition) is 1. The van der Waals surface area contributed by atoms with Crippen molar-refractivity contribution in [3.63, 3.8) is 0 Å². The van der Waals surface area contributed by atoms with Gasteiger partial charge in [-0.15, -0.1) is 0 Å². The fraction of sp³-hybridized carbons (Fsp3) is 0.355. The van der Waals surface area contributed by atoms with E-state index >= 15 is 0 Å². The standard InChI is InChI=1S/C31H34Cl2N2O2/c1-2-29(31(37)34-26-15-9-10-16-26)35(21-24-17-18-25(32)19-28(24)33)30(36)20-27(22-11-5-3-6-12-22)23-13-7-4-8-14-23/h3-8,11-14,17-19,26-27,29H,2,9-10,15-16,20-21H2,1H3,(H,34,37)/t29-/m0/s1. The highest BCUT2D eigenvalue weighted by atomic mass is 35.5. The van der Waals surface area contributed by atoms with Gasteiger partial charge in [-0.1, -0.05) is 110 Å². The van der Waals surface area contributed by atoms with Crippen LogP contribution >= 0.6 is 23.2 Å². The molecule has 1 saturated carbocycles. The lowest BCUT2D eigenvalue weighted by molar-refractivity contribution is -0.141. The molecular formula is C31H34Cl2N2O2. The average molecular weight is 538 g/mol. The fourth-order valence-electron chi connectivity index (χ4n) is 5.21. The van der Waals surface area contributed by atoms with Crippen molar-refractivity contribution in [1.29, 1.82) is 0 Å². The zero-order valence-corrected chi connectivity index (χ0v) is 22.7. The molecule has 0 heterocycles. The Morgan fingerprint density at radius 3 is 2.05 bits per heavy atom. The van der Waals surface area contributed by atoms with Crippen molar-refractivity contribution < 1.29 is 9.59 Å². The summed E-state index contributed by atoms with van der Waals surface area (Å²) in [6.45, 7) is 2.19. The lowest BCUT2D eigenvalue weighted by Crippen LogP contribution is -2.51. The summed E-state index contributed by atoms with van der Waals surface area (Å²) in [5, 5.41) is 4.22. The summed E-state index contributed by atoms with van der Waals surface area (Å²) in [6.07, 6.45) is 4.98. The summed E-state index contributed by atoms with van der Waals surface area (Å²) < 4.78 is 0. The van der Waals surface area contributed by atoms with Gasteiger partial charge < -0.3 is 10.2 Å². The molecule has 0 spiro atoms. The van der Waals surface area contributed by atoms with Crippen LogP contribution in [0.2, 0.25) is 10.0 Å². The van der Waals surface area contributed by atoms with Crippen LogP contribution in [0.5, 0.6) is 0 Å². The molecule has 2 amide bonds. The van der Waals surface area contributed by atoms with Crippen molar-refractivity contribution in [2.75, 3.05) is 0 Å². The first-order valence-electron chi connectivity index (χ1n) is 13.1. The molecule has 0 bridgehead atoms. The molecule has 6 heteroatoms. The van der Waals surface area contributed by atoms with E-state index in [4.69, 9.17) is 23.2 Å². The van der Waals surface area contributed by atoms with Gasteiger partial charge in [-0.2, -0.15) is 0 Å². The largest absolute Gasteiger partial charge is 0.352 e. The Balaban J connectivity index is 1.65. The third-order valence-electron chi connectivity index (χ3n) is 7.23. The van der Waals surface area contributed by atoms with Gasteiger partial charge in [-0.05, 0) is 48.1 Å². The summed E-state index contributed by atoms with van der Waals surface area (Å²) in [5.41, 5.74) is 2.90. The van der Waals surface area contributed by atoms with Crippen LogP contribution in [-0.2, 0) is 16.1 Å². The molecule has 1 N–H and O–H groups in total. The van der Waals surface area contributed by atoms with Gasteiger partial charge >= 0.3 is 0 Å². The van der Waals surface area contributed by atoms with Crippen molar-refractivity contribution in [2.45, 2.75) is 70.0 Å². The van der Waals surface area contributed by atoms with Crippen LogP contribution in [0.25, 0.3) is 0 Å². The molecule has 1 aliphatic rings. The molecule has 37 heavy (non-hydrogen) atoms. The molecule has 0 aromatic heterocycles. The summed E-state index contributed by atoms with van der Waals surface area (Å²) in [7, 11) is 0. The van der Waals surface area contributed by atoms with Gasteiger partial charge in [0.05, 0.1) is 0 Å². The molecule has 1 fully saturated rings. The van der Waals surface area contributed by atoms with Gasteiger partial charge in [-0.25, -0.2) is 0 Å². The maximum atomic E-state index is 14.1. The number of carbonyl (C=O) groups is 2. The van der Waals surface area contributed by atoms with Crippen molar-refractivity contribution >= 4 is 35.0 Å². The molecule has 194 valence electrons. The highest BCUT2D eigenvalue weighted by Crippen LogP contribution is 2.31. The van der Waals surface area contributed by atoms with Crippen LogP contribution in [0.4, 0.5) is 0 Å². The Kier molecular flexibility index (Phi) is 9.65. The van der Waals surface area contributed by atoms with E-state index in [1.807, 2.05) is 49.4 Å². The lowest BCUT2D eigenvalue weighted by Gasteiger charge is -2.33. The SMILES string of the molecule is CC[C@@H](C(=O)NC1CCCC1)N(Cc1ccc(Cl)cc1Cl)C(=O)CC(c1ccccc1)c1ccccc1.